The molecule has 0 spiro atoms. The molecule has 2 aromatic rings. The van der Waals surface area contributed by atoms with Crippen LogP contribution in [0.3, 0.4) is 0 Å². The van der Waals surface area contributed by atoms with E-state index in [4.69, 9.17) is 13.8 Å². The van der Waals surface area contributed by atoms with E-state index in [0.717, 1.165) is 10.3 Å². The van der Waals surface area contributed by atoms with E-state index in [1.54, 1.807) is 6.92 Å². The van der Waals surface area contributed by atoms with Crippen LogP contribution in [0.2, 0.25) is 0 Å². The van der Waals surface area contributed by atoms with Crippen molar-refractivity contribution in [2.24, 2.45) is 0 Å². The number of aromatic amines is 1. The third-order valence-electron chi connectivity index (χ3n) is 7.00. The molecule has 2 aliphatic rings. The molecule has 2 saturated heterocycles. The van der Waals surface area contributed by atoms with Crippen LogP contribution in [-0.4, -0.2) is 65.7 Å². The van der Waals surface area contributed by atoms with Crippen LogP contribution in [-0.2, 0) is 18.3 Å². The summed E-state index contributed by atoms with van der Waals surface area (Å²) >= 11 is 0. The molecule has 0 saturated carbocycles. The number of hydrogen-bond donors (Lipinski definition) is 4. The molecule has 0 aliphatic carbocycles. The van der Waals surface area contributed by atoms with Crippen molar-refractivity contribution < 1.29 is 33.7 Å². The maximum atomic E-state index is 13.2. The van der Waals surface area contributed by atoms with E-state index in [1.807, 2.05) is 26.8 Å². The van der Waals surface area contributed by atoms with Crippen molar-refractivity contribution in [1.82, 2.24) is 14.5 Å². The van der Waals surface area contributed by atoms with Gasteiger partial charge in [-0.05, 0) is 32.3 Å². The molecule has 0 amide bonds. The summed E-state index contributed by atoms with van der Waals surface area (Å²) in [6, 6.07) is 1.81. The molecule has 2 fully saturated rings. The Kier molecular flexibility index (Phi) is 6.37. The Morgan fingerprint density at radius 1 is 1.33 bits per heavy atom. The fraction of sp³-hybridized carbons (Fsp3) is 0.714. The first-order valence-electron chi connectivity index (χ1n) is 11.3. The summed E-state index contributed by atoms with van der Waals surface area (Å²) in [5, 5.41) is 31.2. The van der Waals surface area contributed by atoms with Gasteiger partial charge in [0.2, 0.25) is 0 Å². The molecule has 6 atom stereocenters. The van der Waals surface area contributed by atoms with Crippen molar-refractivity contribution in [2.75, 3.05) is 6.61 Å². The van der Waals surface area contributed by atoms with Gasteiger partial charge in [-0.1, -0.05) is 20.8 Å². The van der Waals surface area contributed by atoms with Crippen molar-refractivity contribution in [3.63, 3.8) is 0 Å². The summed E-state index contributed by atoms with van der Waals surface area (Å²) < 4.78 is 31.5. The van der Waals surface area contributed by atoms with Crippen molar-refractivity contribution in [2.45, 2.75) is 88.9 Å². The molecule has 2 unspecified atom stereocenters. The zero-order valence-electron chi connectivity index (χ0n) is 19.2. The molecule has 0 bridgehead atoms. The number of rotatable bonds is 8. The normalized spacial score (nSPS) is 34.6. The zero-order valence-corrected chi connectivity index (χ0v) is 20.1. The van der Waals surface area contributed by atoms with E-state index >= 15 is 0 Å². The number of aromatic nitrogens is 3. The van der Waals surface area contributed by atoms with Gasteiger partial charge in [0.15, 0.2) is 11.6 Å². The Hall–Kier alpha value is -1.59. The van der Waals surface area contributed by atoms with Crippen LogP contribution in [0.25, 0.3) is 11.0 Å². The molecule has 4 rings (SSSR count). The molecule has 33 heavy (non-hydrogen) atoms. The number of ether oxygens (including phenoxy) is 1. The summed E-state index contributed by atoms with van der Waals surface area (Å²) in [4.78, 5) is 19.6. The lowest BCUT2D eigenvalue weighted by molar-refractivity contribution is -0.0992. The van der Waals surface area contributed by atoms with Gasteiger partial charge in [-0.15, -0.1) is 0 Å². The molecule has 184 valence electrons. The highest BCUT2D eigenvalue weighted by Crippen LogP contribution is 2.70. The first-order chi connectivity index (χ1) is 15.5. The lowest BCUT2D eigenvalue weighted by Gasteiger charge is -2.47. The van der Waals surface area contributed by atoms with Crippen molar-refractivity contribution in [1.29, 1.82) is 0 Å². The second-order valence-electron chi connectivity index (χ2n) is 9.03. The standard InChI is InChI=1S/C21H32N3O8P/c1-5-20(6-2,32-33(29)21(28,7-3)11-30-33)9-14-15(25)16(26)18(31-14)24-10-13-8-12(4)22-17(13)23-19(24)27/h8,10,14-16,18,25-26,28H,5-7,9,11H2,1-4H3,(H,22,23,27)/t14-,15-,16-,18-,21?,33?/m1/s1. The van der Waals surface area contributed by atoms with Crippen molar-refractivity contribution >= 4 is 18.6 Å². The van der Waals surface area contributed by atoms with Gasteiger partial charge in [0.1, 0.15) is 17.9 Å². The molecule has 0 radical (unpaired) electrons. The van der Waals surface area contributed by atoms with Gasteiger partial charge in [0, 0.05) is 23.7 Å². The van der Waals surface area contributed by atoms with Crippen LogP contribution in [0.5, 0.6) is 0 Å². The molecule has 2 aliphatic heterocycles. The van der Waals surface area contributed by atoms with Gasteiger partial charge in [-0.25, -0.2) is 4.79 Å². The van der Waals surface area contributed by atoms with Crippen LogP contribution in [0, 0.1) is 6.92 Å². The number of hydrogen-bond acceptors (Lipinski definition) is 9. The smallest absolute Gasteiger partial charge is 0.364 e. The molecular weight excluding hydrogens is 453 g/mol. The lowest BCUT2D eigenvalue weighted by atomic mass is 9.88. The molecule has 11 nitrogen and oxygen atoms in total. The van der Waals surface area contributed by atoms with Gasteiger partial charge in [-0.2, -0.15) is 4.98 Å². The molecule has 12 heteroatoms. The maximum Gasteiger partial charge on any atom is 0.364 e. The van der Waals surface area contributed by atoms with Gasteiger partial charge in [0.25, 0.3) is 0 Å². The fourth-order valence-corrected chi connectivity index (χ4v) is 6.60. The molecule has 0 aromatic carbocycles. The number of H-pyrrole nitrogens is 1. The summed E-state index contributed by atoms with van der Waals surface area (Å²) in [5.74, 6) is 0. The Labute approximate surface area is 191 Å². The van der Waals surface area contributed by atoms with Crippen LogP contribution < -0.4 is 5.69 Å². The van der Waals surface area contributed by atoms with Crippen LogP contribution in [0.15, 0.2) is 17.1 Å². The lowest BCUT2D eigenvalue weighted by Crippen LogP contribution is -2.48. The first kappa shape index (κ1) is 24.5. The average Bonchev–Trinajstić information content (AvgIpc) is 3.29. The number of nitrogens with one attached hydrogen (secondary N) is 1. The van der Waals surface area contributed by atoms with Gasteiger partial charge < -0.3 is 29.6 Å². The second kappa shape index (κ2) is 8.57. The minimum atomic E-state index is -3.78. The van der Waals surface area contributed by atoms with Crippen LogP contribution >= 0.6 is 7.60 Å². The molecule has 4 N–H and O–H groups in total. The molecule has 4 heterocycles. The summed E-state index contributed by atoms with van der Waals surface area (Å²) in [6.45, 7) is 7.16. The molecule has 2 aromatic heterocycles. The molecular formula is C21H32N3O8P. The summed E-state index contributed by atoms with van der Waals surface area (Å²) in [6.07, 6.45) is -2.14. The second-order valence-corrected chi connectivity index (χ2v) is 11.3. The fourth-order valence-electron chi connectivity index (χ4n) is 4.51. The van der Waals surface area contributed by atoms with Gasteiger partial charge in [-0.3, -0.25) is 13.7 Å². The maximum absolute atomic E-state index is 13.2. The predicted molar refractivity (Wildman–Crippen MR) is 119 cm³/mol. The minimum Gasteiger partial charge on any atom is -0.388 e. The highest BCUT2D eigenvalue weighted by Gasteiger charge is 2.61. The van der Waals surface area contributed by atoms with Gasteiger partial charge >= 0.3 is 13.3 Å². The topological polar surface area (TPSA) is 156 Å². The number of nitrogens with zero attached hydrogens (tertiary/aromatic N) is 2. The van der Waals surface area contributed by atoms with Crippen molar-refractivity contribution in [3.8, 4) is 0 Å². The monoisotopic (exact) mass is 485 g/mol. The highest BCUT2D eigenvalue weighted by molar-refractivity contribution is 7.56. The SMILES string of the molecule is CCC(CC)(C[C@H]1O[C@@H](n2cc3cc(C)[nH]c3nc2=O)[C@H](O)[C@@H]1O)OP1(=O)OCC1(O)CC. The summed E-state index contributed by atoms with van der Waals surface area (Å²) in [5.41, 5.74) is -0.413. The van der Waals surface area contributed by atoms with Crippen molar-refractivity contribution in [3.05, 3.63) is 28.4 Å². The van der Waals surface area contributed by atoms with E-state index < -0.39 is 48.8 Å². The number of aryl methyl sites for hydroxylation is 1. The average molecular weight is 485 g/mol. The van der Waals surface area contributed by atoms with E-state index in [1.165, 1.54) is 6.20 Å². The Morgan fingerprint density at radius 3 is 2.61 bits per heavy atom. The van der Waals surface area contributed by atoms with Crippen LogP contribution in [0.4, 0.5) is 0 Å². The Balaban J connectivity index is 1.59. The van der Waals surface area contributed by atoms with E-state index in [9.17, 15) is 24.7 Å². The first-order valence-corrected chi connectivity index (χ1v) is 12.8. The quantitative estimate of drug-likeness (QED) is 0.410. The number of aliphatic hydroxyl groups is 3. The predicted octanol–water partition coefficient (Wildman–Crippen LogP) is 1.94. The largest absolute Gasteiger partial charge is 0.388 e. The van der Waals surface area contributed by atoms with E-state index in [-0.39, 0.29) is 19.4 Å². The third-order valence-corrected chi connectivity index (χ3v) is 9.56. The van der Waals surface area contributed by atoms with E-state index in [2.05, 4.69) is 9.97 Å². The van der Waals surface area contributed by atoms with Gasteiger partial charge in [0.05, 0.1) is 18.3 Å². The third kappa shape index (κ3) is 3.99. The number of fused-ring (bicyclic) bond motifs is 1. The minimum absolute atomic E-state index is 0.0648. The van der Waals surface area contributed by atoms with E-state index in [0.29, 0.717) is 23.9 Å². The Morgan fingerprint density at radius 2 is 2.03 bits per heavy atom. The Bertz CT molecular complexity index is 1120. The number of aliphatic hydroxyl groups excluding tert-OH is 2. The highest BCUT2D eigenvalue weighted by atomic mass is 31.2. The summed E-state index contributed by atoms with van der Waals surface area (Å²) in [7, 11) is -3.78. The zero-order chi connectivity index (χ0) is 24.2. The van der Waals surface area contributed by atoms with Crippen LogP contribution in [0.1, 0.15) is 58.4 Å².